The number of hydrogen-bond acceptors (Lipinski definition) is 19. The Balaban J connectivity index is 0.817. The smallest absolute Gasteiger partial charge is 0.365 e. The summed E-state index contributed by atoms with van der Waals surface area (Å²) in [5, 5.41) is 10.6. The van der Waals surface area contributed by atoms with Gasteiger partial charge in [-0.15, -0.1) is 0 Å². The van der Waals surface area contributed by atoms with Crippen LogP contribution in [-0.4, -0.2) is 142 Å². The number of phosphoric acid groups is 2. The van der Waals surface area contributed by atoms with Crippen molar-refractivity contribution in [1.29, 1.82) is 0 Å². The lowest BCUT2D eigenvalue weighted by atomic mass is 10.1. The minimum absolute atomic E-state index is 0.0861. The first-order valence-corrected chi connectivity index (χ1v) is 26.3. The van der Waals surface area contributed by atoms with Crippen molar-refractivity contribution in [3.05, 3.63) is 109 Å². The number of anilines is 2. The second-order valence-corrected chi connectivity index (χ2v) is 19.9. The second-order valence-electron chi connectivity index (χ2n) is 16.9. The van der Waals surface area contributed by atoms with Crippen LogP contribution in [0, 0.1) is 0 Å². The van der Waals surface area contributed by atoms with E-state index in [1.807, 2.05) is 66.7 Å². The number of carbonyl (C=O) groups excluding carboxylic acids is 2. The van der Waals surface area contributed by atoms with Gasteiger partial charge in [0.1, 0.15) is 55.4 Å². The van der Waals surface area contributed by atoms with Crippen LogP contribution in [0.15, 0.2) is 98.1 Å². The summed E-state index contributed by atoms with van der Waals surface area (Å²) in [6.07, 6.45) is 3.18. The van der Waals surface area contributed by atoms with E-state index in [4.69, 9.17) is 41.8 Å². The highest BCUT2D eigenvalue weighted by Gasteiger charge is 2.55. The normalized spacial score (nSPS) is 27.1. The molecule has 0 aliphatic carbocycles. The number of amides is 4. The number of phosphoric ester groups is 2. The molecule has 27 nitrogen and oxygen atoms in total. The van der Waals surface area contributed by atoms with E-state index >= 15 is 0 Å². The van der Waals surface area contributed by atoms with E-state index in [1.165, 1.54) is 29.9 Å². The SMILES string of the molecule is CCNC(=O)Nc1ncnc2c1ncn2C[C@H]1O[C@@H](COP(=O)(O)OP(=O)(O)OC[C@H]2O[C@@H](n3cnc4c(NC(=O)NCC)ncnc43)[C@@H]3OC(/C=C/c4ccccc4)O[C@@H]32)[C@@H]2OC(/C=C/c3ccccc3)O[C@@H]21. The molecule has 4 amide bonds. The summed E-state index contributed by atoms with van der Waals surface area (Å²) in [5.41, 5.74) is 2.91. The van der Waals surface area contributed by atoms with Gasteiger partial charge < -0.3 is 53.4 Å². The third-order valence-electron chi connectivity index (χ3n) is 11.9. The maximum atomic E-state index is 13.5. The minimum Gasteiger partial charge on any atom is -0.365 e. The summed E-state index contributed by atoms with van der Waals surface area (Å²) in [4.78, 5) is 72.3. The second kappa shape index (κ2) is 22.2. The predicted octanol–water partition coefficient (Wildman–Crippen LogP) is 4.51. The first-order chi connectivity index (χ1) is 35.8. The van der Waals surface area contributed by atoms with Crippen LogP contribution in [0.1, 0.15) is 31.2 Å². The monoisotopic (exact) mass is 1060 g/mol. The van der Waals surface area contributed by atoms with Gasteiger partial charge in [0.25, 0.3) is 0 Å². The Kier molecular flexibility index (Phi) is 15.3. The quantitative estimate of drug-likeness (QED) is 0.0608. The molecular formula is C45H50N12O15P2. The summed E-state index contributed by atoms with van der Waals surface area (Å²) in [7, 11) is -10.8. The zero-order valence-electron chi connectivity index (χ0n) is 39.4. The van der Waals surface area contributed by atoms with Gasteiger partial charge in [-0.25, -0.2) is 48.6 Å². The van der Waals surface area contributed by atoms with Gasteiger partial charge in [-0.2, -0.15) is 4.31 Å². The molecule has 2 aromatic carbocycles. The molecule has 4 aliphatic heterocycles. The molecule has 4 aliphatic rings. The molecular weight excluding hydrogens is 1010 g/mol. The average Bonchev–Trinajstić information content (AvgIpc) is 4.25. The number of aromatic nitrogens is 8. The van der Waals surface area contributed by atoms with E-state index in [1.54, 1.807) is 36.6 Å². The fraction of sp³-hybridized carbons (Fsp3) is 0.378. The number of nitrogens with one attached hydrogen (secondary N) is 4. The lowest BCUT2D eigenvalue weighted by molar-refractivity contribution is -0.132. The lowest BCUT2D eigenvalue weighted by Crippen LogP contribution is -2.33. The van der Waals surface area contributed by atoms with Crippen LogP contribution in [0.25, 0.3) is 34.5 Å². The van der Waals surface area contributed by atoms with E-state index < -0.39 is 102 Å². The maximum Gasteiger partial charge on any atom is 0.481 e. The molecule has 4 aromatic heterocycles. The third-order valence-corrected chi connectivity index (χ3v) is 14.5. The Morgan fingerprint density at radius 2 is 1.11 bits per heavy atom. The van der Waals surface area contributed by atoms with Gasteiger partial charge in [-0.05, 0) is 37.1 Å². The predicted molar refractivity (Wildman–Crippen MR) is 259 cm³/mol. The highest BCUT2D eigenvalue weighted by molar-refractivity contribution is 7.61. The number of benzene rings is 2. The molecule has 4 saturated heterocycles. The minimum atomic E-state index is -5.41. The molecule has 10 rings (SSSR count). The van der Waals surface area contributed by atoms with E-state index in [0.717, 1.165) is 11.1 Å². The molecule has 0 saturated carbocycles. The Morgan fingerprint density at radius 1 is 0.622 bits per heavy atom. The van der Waals surface area contributed by atoms with Crippen molar-refractivity contribution in [3.8, 4) is 0 Å². The number of carbonyl (C=O) groups is 2. The number of ether oxygens (including phenoxy) is 6. The zero-order chi connectivity index (χ0) is 51.4. The van der Waals surface area contributed by atoms with Crippen molar-refractivity contribution in [2.75, 3.05) is 36.9 Å². The number of urea groups is 2. The molecule has 8 heterocycles. The molecule has 12 atom stereocenters. The maximum absolute atomic E-state index is 13.5. The molecule has 390 valence electrons. The van der Waals surface area contributed by atoms with Crippen molar-refractivity contribution in [3.63, 3.8) is 0 Å². The summed E-state index contributed by atoms with van der Waals surface area (Å²) < 4.78 is 83.3. The van der Waals surface area contributed by atoms with Crippen LogP contribution < -0.4 is 21.3 Å². The first-order valence-electron chi connectivity index (χ1n) is 23.3. The van der Waals surface area contributed by atoms with E-state index in [9.17, 15) is 28.5 Å². The van der Waals surface area contributed by atoms with Gasteiger partial charge in [0, 0.05) is 13.1 Å². The lowest BCUT2D eigenvalue weighted by Gasteiger charge is -2.22. The fourth-order valence-electron chi connectivity index (χ4n) is 8.73. The number of imidazole rings is 2. The topological polar surface area (TPSA) is 327 Å². The van der Waals surface area contributed by atoms with Gasteiger partial charge in [0.05, 0.1) is 32.4 Å². The molecule has 0 bridgehead atoms. The number of fused-ring (bicyclic) bond motifs is 4. The van der Waals surface area contributed by atoms with Gasteiger partial charge >= 0.3 is 27.7 Å². The van der Waals surface area contributed by atoms with Gasteiger partial charge in [-0.3, -0.25) is 24.2 Å². The molecule has 4 fully saturated rings. The van der Waals surface area contributed by atoms with Crippen LogP contribution in [0.2, 0.25) is 0 Å². The molecule has 4 unspecified atom stereocenters. The molecule has 29 heteroatoms. The Labute approximate surface area is 420 Å². The Bertz CT molecular complexity index is 3120. The zero-order valence-corrected chi connectivity index (χ0v) is 41.2. The number of nitrogens with zero attached hydrogens (tertiary/aromatic N) is 8. The average molecular weight is 1060 g/mol. The standard InChI is InChI=1S/C45H50N12O15P2/c1-3-46-44(58)54-39-33-41(50-22-48-39)56(24-52-33)19-28-35-36(69-31(68-35)17-15-26-11-7-5-8-12-26)29(66-28)20-64-73(60,61)72-74(62,63)65-21-30-37-38(71-32(70-37)18-16-27-13-9-6-10-14-27)43(67-30)57-25-53-34-40(49-23-51-42(34)57)55-45(59)47-4-2/h5-18,22-25,28-32,35-38,43H,3-4,19-21H2,1-2H3,(H,60,61)(H,62,63)(H2,46,48,50,54,58)(H2,47,49,51,55,59)/b17-15+,18-16+/t28-,29+,30-,31?,32?,35-,36+,37-,38-,43-/m1/s1. The molecule has 0 spiro atoms. The summed E-state index contributed by atoms with van der Waals surface area (Å²) in [6, 6.07) is 17.9. The van der Waals surface area contributed by atoms with E-state index in [0.29, 0.717) is 24.3 Å². The fourth-order valence-corrected chi connectivity index (χ4v) is 10.8. The summed E-state index contributed by atoms with van der Waals surface area (Å²) >= 11 is 0. The highest BCUT2D eigenvalue weighted by atomic mass is 31.3. The Morgan fingerprint density at radius 3 is 1.68 bits per heavy atom. The van der Waals surface area contributed by atoms with Gasteiger partial charge in [0.15, 0.2) is 52.8 Å². The molecule has 0 radical (unpaired) electrons. The van der Waals surface area contributed by atoms with E-state index in [-0.39, 0.29) is 29.3 Å². The van der Waals surface area contributed by atoms with E-state index in [2.05, 4.69) is 51.2 Å². The summed E-state index contributed by atoms with van der Waals surface area (Å²) in [5.74, 6) is 0.305. The molecule has 6 N–H and O–H groups in total. The van der Waals surface area contributed by atoms with Crippen LogP contribution in [-0.2, 0) is 57.5 Å². The third kappa shape index (κ3) is 11.6. The van der Waals surface area contributed by atoms with Crippen LogP contribution in [0.4, 0.5) is 21.2 Å². The highest BCUT2D eigenvalue weighted by Crippen LogP contribution is 2.61. The van der Waals surface area contributed by atoms with Crippen LogP contribution >= 0.6 is 15.6 Å². The van der Waals surface area contributed by atoms with Crippen molar-refractivity contribution in [1.82, 2.24) is 49.7 Å². The van der Waals surface area contributed by atoms with Gasteiger partial charge in [-0.1, -0.05) is 72.8 Å². The summed E-state index contributed by atoms with van der Waals surface area (Å²) in [6.45, 7) is 3.01. The van der Waals surface area contributed by atoms with Crippen molar-refractivity contribution in [2.45, 2.75) is 81.9 Å². The van der Waals surface area contributed by atoms with Crippen molar-refractivity contribution in [2.24, 2.45) is 0 Å². The van der Waals surface area contributed by atoms with Crippen LogP contribution in [0.3, 0.4) is 0 Å². The van der Waals surface area contributed by atoms with Gasteiger partial charge in [0.2, 0.25) is 0 Å². The van der Waals surface area contributed by atoms with Crippen molar-refractivity contribution < 1.29 is 70.3 Å². The Hall–Kier alpha value is -6.42. The van der Waals surface area contributed by atoms with Crippen LogP contribution in [0.5, 0.6) is 0 Å². The molecule has 74 heavy (non-hydrogen) atoms. The number of rotatable bonds is 19. The first kappa shape index (κ1) is 51.1. The van der Waals surface area contributed by atoms with Crippen molar-refractivity contribution >= 4 is 73.8 Å². The largest absolute Gasteiger partial charge is 0.481 e. The number of hydrogen-bond donors (Lipinski definition) is 6. The molecule has 6 aromatic rings.